The van der Waals surface area contributed by atoms with Gasteiger partial charge >= 0.3 is 0 Å². The molecule has 0 radical (unpaired) electrons. The van der Waals surface area contributed by atoms with Crippen molar-refractivity contribution in [2.45, 2.75) is 6.92 Å². The molecule has 0 bridgehead atoms. The second-order valence-electron chi connectivity index (χ2n) is 3.99. The van der Waals surface area contributed by atoms with Gasteiger partial charge in [-0.2, -0.15) is 10.2 Å². The first-order valence-electron chi connectivity index (χ1n) is 5.46. The zero-order valence-corrected chi connectivity index (χ0v) is 10.6. The molecule has 3 aromatic heterocycles. The van der Waals surface area contributed by atoms with Crippen LogP contribution < -0.4 is 5.32 Å². The molecule has 7 nitrogen and oxygen atoms in total. The molecule has 0 aromatic carbocycles. The number of pyridine rings is 1. The molecule has 19 heavy (non-hydrogen) atoms. The first kappa shape index (κ1) is 11.7. The quantitative estimate of drug-likeness (QED) is 0.665. The molecule has 8 heteroatoms. The molecule has 96 valence electrons. The van der Waals surface area contributed by atoms with Crippen molar-refractivity contribution < 1.29 is 4.79 Å². The highest BCUT2D eigenvalue weighted by molar-refractivity contribution is 6.34. The van der Waals surface area contributed by atoms with Crippen LogP contribution in [0.3, 0.4) is 0 Å². The van der Waals surface area contributed by atoms with Crippen LogP contribution in [0.2, 0.25) is 5.02 Å². The van der Waals surface area contributed by atoms with Crippen LogP contribution in [-0.2, 0) is 0 Å². The van der Waals surface area contributed by atoms with Crippen LogP contribution in [0.5, 0.6) is 0 Å². The van der Waals surface area contributed by atoms with Crippen molar-refractivity contribution in [1.82, 2.24) is 25.4 Å². The number of H-pyrrole nitrogens is 2. The van der Waals surface area contributed by atoms with Crippen LogP contribution in [0.15, 0.2) is 18.5 Å². The first-order valence-corrected chi connectivity index (χ1v) is 5.84. The van der Waals surface area contributed by atoms with Gasteiger partial charge in [0.2, 0.25) is 0 Å². The van der Waals surface area contributed by atoms with Gasteiger partial charge in [-0.15, -0.1) is 0 Å². The molecule has 0 aliphatic carbocycles. The molecule has 0 unspecified atom stereocenters. The smallest absolute Gasteiger partial charge is 0.258 e. The Morgan fingerprint density at radius 3 is 2.95 bits per heavy atom. The van der Waals surface area contributed by atoms with Gasteiger partial charge in [-0.1, -0.05) is 11.6 Å². The summed E-state index contributed by atoms with van der Waals surface area (Å²) >= 11 is 5.98. The van der Waals surface area contributed by atoms with Crippen molar-refractivity contribution in [3.05, 3.63) is 34.7 Å². The zero-order chi connectivity index (χ0) is 13.4. The van der Waals surface area contributed by atoms with Gasteiger partial charge in [-0.05, 0) is 13.0 Å². The number of nitrogens with zero attached hydrogens (tertiary/aromatic N) is 3. The van der Waals surface area contributed by atoms with Gasteiger partial charge < -0.3 is 5.32 Å². The van der Waals surface area contributed by atoms with Gasteiger partial charge in [0.25, 0.3) is 5.91 Å². The summed E-state index contributed by atoms with van der Waals surface area (Å²) in [6.45, 7) is 1.77. The minimum Gasteiger partial charge on any atom is -0.304 e. The van der Waals surface area contributed by atoms with Gasteiger partial charge in [0.15, 0.2) is 5.82 Å². The van der Waals surface area contributed by atoms with Crippen LogP contribution in [-0.4, -0.2) is 31.3 Å². The van der Waals surface area contributed by atoms with E-state index in [2.05, 4.69) is 30.7 Å². The number of amides is 1. The third-order valence-electron chi connectivity index (χ3n) is 2.66. The normalized spacial score (nSPS) is 10.8. The van der Waals surface area contributed by atoms with E-state index in [-0.39, 0.29) is 5.91 Å². The Morgan fingerprint density at radius 1 is 1.37 bits per heavy atom. The minimum absolute atomic E-state index is 0.300. The van der Waals surface area contributed by atoms with E-state index < -0.39 is 0 Å². The maximum absolute atomic E-state index is 12.0. The summed E-state index contributed by atoms with van der Waals surface area (Å²) in [5, 5.41) is 16.2. The van der Waals surface area contributed by atoms with Crippen molar-refractivity contribution in [2.75, 3.05) is 5.32 Å². The lowest BCUT2D eigenvalue weighted by molar-refractivity contribution is 0.102. The molecule has 3 rings (SSSR count). The van der Waals surface area contributed by atoms with Gasteiger partial charge in [0.1, 0.15) is 10.5 Å². The molecule has 0 aliphatic heterocycles. The van der Waals surface area contributed by atoms with Crippen molar-refractivity contribution >= 4 is 34.4 Å². The Balaban J connectivity index is 1.89. The predicted octanol–water partition coefficient (Wildman–Crippen LogP) is 1.90. The van der Waals surface area contributed by atoms with Gasteiger partial charge in [0.05, 0.1) is 23.0 Å². The van der Waals surface area contributed by atoms with E-state index >= 15 is 0 Å². The van der Waals surface area contributed by atoms with E-state index in [0.29, 0.717) is 33.1 Å². The maximum atomic E-state index is 12.0. The maximum Gasteiger partial charge on any atom is 0.258 e. The lowest BCUT2D eigenvalue weighted by Gasteiger charge is -2.02. The molecule has 0 saturated heterocycles. The number of halogens is 1. The lowest BCUT2D eigenvalue weighted by Crippen LogP contribution is -2.12. The van der Waals surface area contributed by atoms with Crippen molar-refractivity contribution in [2.24, 2.45) is 0 Å². The summed E-state index contributed by atoms with van der Waals surface area (Å²) in [6, 6.07) is 1.66. The standard InChI is InChI=1S/C11H9ClN6O/c1-5-9(12)10(18-16-5)15-11(19)6-2-7-8(13-3-6)4-14-17-7/h2-4H,1H3,(H,14,17)(H2,15,16,18,19). The van der Waals surface area contributed by atoms with E-state index in [0.717, 1.165) is 0 Å². The number of anilines is 1. The van der Waals surface area contributed by atoms with E-state index in [9.17, 15) is 4.79 Å². The van der Waals surface area contributed by atoms with Crippen LogP contribution in [0.4, 0.5) is 5.82 Å². The average molecular weight is 277 g/mol. The monoisotopic (exact) mass is 276 g/mol. The summed E-state index contributed by atoms with van der Waals surface area (Å²) in [4.78, 5) is 16.2. The number of fused-ring (bicyclic) bond motifs is 1. The number of rotatable bonds is 2. The number of carbonyl (C=O) groups excluding carboxylic acids is 1. The highest BCUT2D eigenvalue weighted by Crippen LogP contribution is 2.22. The fraction of sp³-hybridized carbons (Fsp3) is 0.0909. The number of hydrogen-bond donors (Lipinski definition) is 3. The molecule has 3 heterocycles. The molecule has 1 amide bonds. The Bertz CT molecular complexity index is 761. The number of nitrogens with one attached hydrogen (secondary N) is 3. The third kappa shape index (κ3) is 2.04. The molecule has 0 fully saturated rings. The van der Waals surface area contributed by atoms with Crippen LogP contribution >= 0.6 is 11.6 Å². The molecular weight excluding hydrogens is 268 g/mol. The Morgan fingerprint density at radius 2 is 2.21 bits per heavy atom. The molecule has 0 aliphatic rings. The number of aryl methyl sites for hydroxylation is 1. The van der Waals surface area contributed by atoms with Crippen molar-refractivity contribution in [3.8, 4) is 0 Å². The summed E-state index contributed by atoms with van der Waals surface area (Å²) in [5.74, 6) is -0.0359. The Labute approximate surface area is 112 Å². The van der Waals surface area contributed by atoms with Gasteiger partial charge in [-0.25, -0.2) is 0 Å². The summed E-state index contributed by atoms with van der Waals surface area (Å²) in [7, 11) is 0. The summed E-state index contributed by atoms with van der Waals surface area (Å²) < 4.78 is 0. The van der Waals surface area contributed by atoms with Crippen molar-refractivity contribution in [3.63, 3.8) is 0 Å². The lowest BCUT2D eigenvalue weighted by atomic mass is 10.2. The van der Waals surface area contributed by atoms with E-state index in [1.165, 1.54) is 6.20 Å². The van der Waals surface area contributed by atoms with Gasteiger partial charge in [0, 0.05) is 6.20 Å². The number of hydrogen-bond acceptors (Lipinski definition) is 4. The second-order valence-corrected chi connectivity index (χ2v) is 4.37. The molecule has 3 N–H and O–H groups in total. The molecule has 0 spiro atoms. The molecule has 0 saturated carbocycles. The highest BCUT2D eigenvalue weighted by atomic mass is 35.5. The summed E-state index contributed by atoms with van der Waals surface area (Å²) in [6.07, 6.45) is 3.06. The SMILES string of the molecule is Cc1[nH]nc(NC(=O)c2cnc3cn[nH]c3c2)c1Cl. The van der Waals surface area contributed by atoms with E-state index in [1.54, 1.807) is 19.2 Å². The predicted molar refractivity (Wildman–Crippen MR) is 70.2 cm³/mol. The first-order chi connectivity index (χ1) is 9.15. The molecule has 0 atom stereocenters. The molecular formula is C11H9ClN6O. The summed E-state index contributed by atoms with van der Waals surface area (Å²) in [5.41, 5.74) is 2.48. The van der Waals surface area contributed by atoms with Crippen molar-refractivity contribution in [1.29, 1.82) is 0 Å². The Hall–Kier alpha value is -2.41. The van der Waals surface area contributed by atoms with Crippen LogP contribution in [0.25, 0.3) is 11.0 Å². The minimum atomic E-state index is -0.336. The third-order valence-corrected chi connectivity index (χ3v) is 3.12. The molecule has 3 aromatic rings. The Kier molecular flexibility index (Phi) is 2.68. The van der Waals surface area contributed by atoms with E-state index in [1.807, 2.05) is 0 Å². The topological polar surface area (TPSA) is 99.3 Å². The highest BCUT2D eigenvalue weighted by Gasteiger charge is 2.13. The number of aromatic nitrogens is 5. The number of aromatic amines is 2. The van der Waals surface area contributed by atoms with E-state index in [4.69, 9.17) is 11.6 Å². The van der Waals surface area contributed by atoms with Crippen LogP contribution in [0, 0.1) is 6.92 Å². The number of carbonyl (C=O) groups is 1. The average Bonchev–Trinajstić information content (AvgIpc) is 2.99. The van der Waals surface area contributed by atoms with Gasteiger partial charge in [-0.3, -0.25) is 20.0 Å². The van der Waals surface area contributed by atoms with Crippen LogP contribution in [0.1, 0.15) is 16.1 Å². The zero-order valence-electron chi connectivity index (χ0n) is 9.86. The second kappa shape index (κ2) is 4.36. The largest absolute Gasteiger partial charge is 0.304 e. The fourth-order valence-electron chi connectivity index (χ4n) is 1.63. The fourth-order valence-corrected chi connectivity index (χ4v) is 1.76.